The predicted molar refractivity (Wildman–Crippen MR) is 41.1 cm³/mol. The molecule has 0 saturated carbocycles. The fraction of sp³-hybridized carbons (Fsp3) is 1.00. The van der Waals surface area contributed by atoms with Gasteiger partial charge in [0.2, 0.25) is 0 Å². The number of nitrogens with one attached hydrogen (secondary N) is 1. The normalized spacial score (nSPS) is 29.6. The summed E-state index contributed by atoms with van der Waals surface area (Å²) in [7, 11) is -3.27. The van der Waals surface area contributed by atoms with Crippen LogP contribution in [0.2, 0.25) is 0 Å². The molecule has 7 heteroatoms. The molecule has 78 valence electrons. The van der Waals surface area contributed by atoms with E-state index >= 15 is 0 Å². The first-order valence-corrected chi connectivity index (χ1v) is 5.64. The smallest absolute Gasteiger partial charge is 0.305 e. The lowest BCUT2D eigenvalue weighted by molar-refractivity contribution is -0.155. The maximum atomic E-state index is 12.1. The van der Waals surface area contributed by atoms with E-state index in [1.54, 1.807) is 0 Å². The van der Waals surface area contributed by atoms with Crippen LogP contribution in [0.3, 0.4) is 0 Å². The molecular weight excluding hydrogens is 207 g/mol. The van der Waals surface area contributed by atoms with Gasteiger partial charge in [0.15, 0.2) is 9.84 Å². The van der Waals surface area contributed by atoms with Crippen molar-refractivity contribution in [3.63, 3.8) is 0 Å². The van der Waals surface area contributed by atoms with Gasteiger partial charge in [0.1, 0.15) is 6.04 Å². The van der Waals surface area contributed by atoms with Crippen molar-refractivity contribution in [2.45, 2.75) is 18.6 Å². The highest BCUT2D eigenvalue weighted by Crippen LogP contribution is 2.23. The van der Waals surface area contributed by atoms with E-state index in [-0.39, 0.29) is 24.5 Å². The van der Waals surface area contributed by atoms with Crippen LogP contribution < -0.4 is 5.32 Å². The van der Waals surface area contributed by atoms with Gasteiger partial charge in [-0.1, -0.05) is 0 Å². The van der Waals surface area contributed by atoms with Crippen LogP contribution in [0.4, 0.5) is 13.2 Å². The largest absolute Gasteiger partial charge is 0.403 e. The quantitative estimate of drug-likeness (QED) is 0.636. The summed E-state index contributed by atoms with van der Waals surface area (Å²) in [6.07, 6.45) is -4.73. The van der Waals surface area contributed by atoms with Crippen molar-refractivity contribution < 1.29 is 21.6 Å². The molecular formula is C6H10F3NO2S. The Bertz CT molecular complexity index is 272. The summed E-state index contributed by atoms with van der Waals surface area (Å²) >= 11 is 0. The number of alkyl halides is 3. The van der Waals surface area contributed by atoms with Crippen LogP contribution in [0.1, 0.15) is 6.42 Å². The highest BCUT2D eigenvalue weighted by atomic mass is 32.2. The number of rotatable bonds is 0. The van der Waals surface area contributed by atoms with Crippen molar-refractivity contribution in [2.24, 2.45) is 0 Å². The Morgan fingerprint density at radius 3 is 2.38 bits per heavy atom. The summed E-state index contributed by atoms with van der Waals surface area (Å²) in [5.41, 5.74) is 0. The minimum Gasteiger partial charge on any atom is -0.305 e. The van der Waals surface area contributed by atoms with Crippen LogP contribution in [0.25, 0.3) is 0 Å². The van der Waals surface area contributed by atoms with Crippen LogP contribution in [-0.2, 0) is 9.84 Å². The van der Waals surface area contributed by atoms with Gasteiger partial charge in [-0.05, 0) is 6.42 Å². The highest BCUT2D eigenvalue weighted by Gasteiger charge is 2.40. The fourth-order valence-corrected chi connectivity index (χ4v) is 2.40. The Morgan fingerprint density at radius 1 is 1.23 bits per heavy atom. The zero-order valence-corrected chi connectivity index (χ0v) is 7.58. The number of hydrogen-bond acceptors (Lipinski definition) is 3. The van der Waals surface area contributed by atoms with Crippen molar-refractivity contribution in [3.05, 3.63) is 0 Å². The average Bonchev–Trinajstić information content (AvgIpc) is 2.08. The van der Waals surface area contributed by atoms with Crippen LogP contribution in [0, 0.1) is 0 Å². The second-order valence-electron chi connectivity index (χ2n) is 2.99. The van der Waals surface area contributed by atoms with Gasteiger partial charge in [-0.3, -0.25) is 0 Å². The number of hydrogen-bond donors (Lipinski definition) is 1. The van der Waals surface area contributed by atoms with E-state index in [1.807, 2.05) is 0 Å². The molecule has 0 bridgehead atoms. The molecule has 13 heavy (non-hydrogen) atoms. The van der Waals surface area contributed by atoms with E-state index in [1.165, 1.54) is 0 Å². The fourth-order valence-electron chi connectivity index (χ4n) is 1.17. The first kappa shape index (κ1) is 10.8. The third-order valence-electron chi connectivity index (χ3n) is 1.92. The molecule has 0 spiro atoms. The summed E-state index contributed by atoms with van der Waals surface area (Å²) in [5.74, 6) is -0.593. The van der Waals surface area contributed by atoms with E-state index < -0.39 is 22.1 Å². The molecule has 0 aromatic rings. The van der Waals surface area contributed by atoms with E-state index in [2.05, 4.69) is 5.32 Å². The SMILES string of the molecule is O=S1(=O)CCNC(C(F)(F)F)CC1. The molecule has 1 heterocycles. The van der Waals surface area contributed by atoms with Crippen LogP contribution in [-0.4, -0.2) is 38.7 Å². The molecule has 1 fully saturated rings. The molecule has 1 rings (SSSR count). The summed E-state index contributed by atoms with van der Waals surface area (Å²) < 4.78 is 58.2. The Morgan fingerprint density at radius 2 is 1.85 bits per heavy atom. The zero-order chi connectivity index (χ0) is 10.1. The molecule has 1 unspecified atom stereocenters. The second kappa shape index (κ2) is 3.45. The van der Waals surface area contributed by atoms with Gasteiger partial charge in [0.05, 0.1) is 11.5 Å². The Balaban J connectivity index is 2.66. The molecule has 0 aromatic carbocycles. The van der Waals surface area contributed by atoms with E-state index in [4.69, 9.17) is 0 Å². The Labute approximate surface area is 74.2 Å². The maximum absolute atomic E-state index is 12.1. The standard InChI is InChI=1S/C6H10F3NO2S/c7-6(8,9)5-1-3-13(11,12)4-2-10-5/h5,10H,1-4H2. The monoisotopic (exact) mass is 217 g/mol. The lowest BCUT2D eigenvalue weighted by Gasteiger charge is -2.18. The highest BCUT2D eigenvalue weighted by molar-refractivity contribution is 7.91. The van der Waals surface area contributed by atoms with Crippen molar-refractivity contribution in [1.82, 2.24) is 5.32 Å². The minimum atomic E-state index is -4.35. The Hall–Kier alpha value is -0.300. The Kier molecular flexibility index (Phi) is 2.86. The van der Waals surface area contributed by atoms with E-state index in [0.717, 1.165) is 0 Å². The molecule has 1 atom stereocenters. The predicted octanol–water partition coefficient (Wildman–Crippen LogP) is 0.325. The molecule has 0 amide bonds. The molecule has 0 radical (unpaired) electrons. The second-order valence-corrected chi connectivity index (χ2v) is 5.29. The average molecular weight is 217 g/mol. The van der Waals surface area contributed by atoms with Gasteiger partial charge in [-0.25, -0.2) is 8.42 Å². The van der Waals surface area contributed by atoms with Gasteiger partial charge in [-0.15, -0.1) is 0 Å². The van der Waals surface area contributed by atoms with Gasteiger partial charge < -0.3 is 5.32 Å². The van der Waals surface area contributed by atoms with Crippen molar-refractivity contribution in [3.8, 4) is 0 Å². The molecule has 0 aliphatic carbocycles. The molecule has 1 aliphatic heterocycles. The van der Waals surface area contributed by atoms with E-state index in [0.29, 0.717) is 0 Å². The minimum absolute atomic E-state index is 0.119. The first-order chi connectivity index (χ1) is 5.81. The van der Waals surface area contributed by atoms with Crippen molar-refractivity contribution in [2.75, 3.05) is 18.1 Å². The lowest BCUT2D eigenvalue weighted by atomic mass is 10.2. The molecule has 3 nitrogen and oxygen atoms in total. The van der Waals surface area contributed by atoms with Gasteiger partial charge in [0, 0.05) is 6.54 Å². The number of halogens is 3. The number of sulfone groups is 1. The first-order valence-electron chi connectivity index (χ1n) is 3.82. The summed E-state index contributed by atoms with van der Waals surface area (Å²) in [6.45, 7) is -0.119. The lowest BCUT2D eigenvalue weighted by Crippen LogP contribution is -2.42. The van der Waals surface area contributed by atoms with Crippen LogP contribution in [0.15, 0.2) is 0 Å². The van der Waals surface area contributed by atoms with Crippen LogP contribution in [0.5, 0.6) is 0 Å². The van der Waals surface area contributed by atoms with Gasteiger partial charge in [-0.2, -0.15) is 13.2 Å². The molecule has 1 saturated heterocycles. The molecule has 1 N–H and O–H groups in total. The van der Waals surface area contributed by atoms with Gasteiger partial charge >= 0.3 is 6.18 Å². The molecule has 0 aromatic heterocycles. The van der Waals surface area contributed by atoms with Gasteiger partial charge in [0.25, 0.3) is 0 Å². The zero-order valence-electron chi connectivity index (χ0n) is 6.76. The van der Waals surface area contributed by atoms with E-state index in [9.17, 15) is 21.6 Å². The van der Waals surface area contributed by atoms with Crippen molar-refractivity contribution >= 4 is 9.84 Å². The topological polar surface area (TPSA) is 46.2 Å². The summed E-state index contributed by atoms with van der Waals surface area (Å²) in [4.78, 5) is 0. The third kappa shape index (κ3) is 3.15. The van der Waals surface area contributed by atoms with Crippen LogP contribution >= 0.6 is 0 Å². The summed E-state index contributed by atoms with van der Waals surface area (Å²) in [6, 6.07) is -1.68. The molecule has 1 aliphatic rings. The third-order valence-corrected chi connectivity index (χ3v) is 3.60. The maximum Gasteiger partial charge on any atom is 0.403 e. The summed E-state index contributed by atoms with van der Waals surface area (Å²) in [5, 5.41) is 2.17. The van der Waals surface area contributed by atoms with Crippen molar-refractivity contribution in [1.29, 1.82) is 0 Å².